The van der Waals surface area contributed by atoms with Crippen LogP contribution in [0.1, 0.15) is 0 Å². The Morgan fingerprint density at radius 1 is 1.29 bits per heavy atom. The zero-order valence-electron chi connectivity index (χ0n) is 9.99. The van der Waals surface area contributed by atoms with Gasteiger partial charge in [0.2, 0.25) is 0 Å². The molecule has 0 heterocycles. The number of para-hydroxylation sites is 1. The number of anilines is 1. The molecule has 1 rings (SSSR count). The number of carbonyl (C=O) groups is 2. The molecule has 5 nitrogen and oxygen atoms in total. The van der Waals surface area contributed by atoms with Crippen LogP contribution < -0.4 is 10.6 Å². The van der Waals surface area contributed by atoms with Gasteiger partial charge in [-0.3, -0.25) is 9.59 Å². The van der Waals surface area contributed by atoms with Gasteiger partial charge in [-0.25, -0.2) is 0 Å². The van der Waals surface area contributed by atoms with Crippen molar-refractivity contribution in [2.45, 2.75) is 0 Å². The van der Waals surface area contributed by atoms with E-state index in [2.05, 4.69) is 16.7 Å². The molecule has 17 heavy (non-hydrogen) atoms. The highest BCUT2D eigenvalue weighted by atomic mass is 16.2. The van der Waals surface area contributed by atoms with E-state index in [4.69, 9.17) is 0 Å². The van der Waals surface area contributed by atoms with Crippen molar-refractivity contribution in [3.05, 3.63) is 30.3 Å². The molecule has 91 valence electrons. The van der Waals surface area contributed by atoms with Crippen molar-refractivity contribution in [3.63, 3.8) is 0 Å². The number of amides is 2. The average molecular weight is 234 g/mol. The van der Waals surface area contributed by atoms with E-state index in [0.717, 1.165) is 0 Å². The molecule has 0 atom stereocenters. The lowest BCUT2D eigenvalue weighted by Crippen LogP contribution is -2.38. The lowest BCUT2D eigenvalue weighted by Gasteiger charge is -2.10. The number of nitrogens with zero attached hydrogens (tertiary/aromatic N) is 1. The molecule has 0 fully saturated rings. The van der Waals surface area contributed by atoms with Gasteiger partial charge < -0.3 is 15.5 Å². The molecular formula is C12H16N3O2. The second-order valence-electron chi connectivity index (χ2n) is 3.79. The van der Waals surface area contributed by atoms with E-state index in [9.17, 15) is 9.59 Å². The van der Waals surface area contributed by atoms with Gasteiger partial charge in [0.1, 0.15) is 0 Å². The topological polar surface area (TPSA) is 61.4 Å². The molecule has 0 saturated carbocycles. The summed E-state index contributed by atoms with van der Waals surface area (Å²) in [4.78, 5) is 24.7. The van der Waals surface area contributed by atoms with Crippen LogP contribution in [0.4, 0.5) is 5.69 Å². The van der Waals surface area contributed by atoms with Crippen LogP contribution in [0.3, 0.4) is 0 Å². The Labute approximate surface area is 101 Å². The zero-order valence-corrected chi connectivity index (χ0v) is 9.99. The van der Waals surface area contributed by atoms with E-state index < -0.39 is 11.8 Å². The van der Waals surface area contributed by atoms with Crippen molar-refractivity contribution in [1.29, 1.82) is 0 Å². The highest BCUT2D eigenvalue weighted by molar-refractivity contribution is 6.39. The van der Waals surface area contributed by atoms with Crippen LogP contribution in [0.2, 0.25) is 0 Å². The smallest absolute Gasteiger partial charge is 0.313 e. The van der Waals surface area contributed by atoms with Crippen LogP contribution in [0, 0.1) is 6.07 Å². The van der Waals surface area contributed by atoms with E-state index in [-0.39, 0.29) is 0 Å². The van der Waals surface area contributed by atoms with Crippen molar-refractivity contribution >= 4 is 17.5 Å². The maximum atomic E-state index is 11.4. The number of hydrogen-bond donors (Lipinski definition) is 2. The fourth-order valence-electron chi connectivity index (χ4n) is 1.12. The van der Waals surface area contributed by atoms with Gasteiger partial charge in [0.25, 0.3) is 0 Å². The average Bonchev–Trinajstić information content (AvgIpc) is 2.29. The predicted octanol–water partition coefficient (Wildman–Crippen LogP) is 0.103. The van der Waals surface area contributed by atoms with Crippen molar-refractivity contribution in [3.8, 4) is 0 Å². The van der Waals surface area contributed by atoms with Gasteiger partial charge in [0, 0.05) is 24.8 Å². The summed E-state index contributed by atoms with van der Waals surface area (Å²) < 4.78 is 0. The number of likely N-dealkylation sites (N-methyl/N-ethyl adjacent to an activating group) is 1. The summed E-state index contributed by atoms with van der Waals surface area (Å²) in [6.45, 7) is 1.13. The van der Waals surface area contributed by atoms with Crippen LogP contribution in [-0.2, 0) is 9.59 Å². The van der Waals surface area contributed by atoms with Gasteiger partial charge in [0.15, 0.2) is 0 Å². The Morgan fingerprint density at radius 2 is 2.06 bits per heavy atom. The minimum absolute atomic E-state index is 0.442. The van der Waals surface area contributed by atoms with Crippen molar-refractivity contribution in [2.24, 2.45) is 0 Å². The van der Waals surface area contributed by atoms with Crippen molar-refractivity contribution in [1.82, 2.24) is 10.2 Å². The molecule has 1 aromatic carbocycles. The quantitative estimate of drug-likeness (QED) is 0.727. The monoisotopic (exact) mass is 234 g/mol. The summed E-state index contributed by atoms with van der Waals surface area (Å²) in [7, 11) is 3.79. The maximum Gasteiger partial charge on any atom is 0.313 e. The lowest BCUT2D eigenvalue weighted by atomic mass is 10.3. The van der Waals surface area contributed by atoms with Crippen LogP contribution in [-0.4, -0.2) is 43.9 Å². The second kappa shape index (κ2) is 6.65. The van der Waals surface area contributed by atoms with E-state index in [1.54, 1.807) is 24.3 Å². The first-order valence-electron chi connectivity index (χ1n) is 5.30. The molecule has 0 aliphatic heterocycles. The molecule has 0 saturated heterocycles. The minimum Gasteiger partial charge on any atom is -0.347 e. The standard InChI is InChI=1S/C12H16N3O2/c1-15(2)9-8-13-11(16)12(17)14-10-6-4-3-5-7-10/h3-6H,8-9H2,1-2H3,(H,13,16)(H,14,17). The first kappa shape index (κ1) is 13.2. The SMILES string of the molecule is CN(C)CCNC(=O)C(=O)Nc1[c]cccc1. The Hall–Kier alpha value is -1.88. The van der Waals surface area contributed by atoms with Crippen LogP contribution >= 0.6 is 0 Å². The molecule has 0 unspecified atom stereocenters. The molecule has 5 heteroatoms. The molecule has 0 bridgehead atoms. The molecule has 0 aliphatic carbocycles. The van der Waals surface area contributed by atoms with Crippen LogP contribution in [0.25, 0.3) is 0 Å². The molecule has 2 amide bonds. The van der Waals surface area contributed by atoms with Gasteiger partial charge in [0.05, 0.1) is 0 Å². The molecule has 1 radical (unpaired) electrons. The Morgan fingerprint density at radius 3 is 2.65 bits per heavy atom. The molecule has 0 aliphatic rings. The van der Waals surface area contributed by atoms with Gasteiger partial charge in [-0.05, 0) is 20.2 Å². The first-order chi connectivity index (χ1) is 8.09. The van der Waals surface area contributed by atoms with Gasteiger partial charge in [-0.15, -0.1) is 0 Å². The van der Waals surface area contributed by atoms with Gasteiger partial charge in [-0.1, -0.05) is 18.2 Å². The van der Waals surface area contributed by atoms with E-state index in [1.807, 2.05) is 19.0 Å². The summed E-state index contributed by atoms with van der Waals surface area (Å²) in [6, 6.07) is 9.69. The first-order valence-corrected chi connectivity index (χ1v) is 5.30. The minimum atomic E-state index is -0.675. The van der Waals surface area contributed by atoms with E-state index in [1.165, 1.54) is 0 Å². The molecular weight excluding hydrogens is 218 g/mol. The fraction of sp³-hybridized carbons (Fsp3) is 0.333. The number of benzene rings is 1. The zero-order chi connectivity index (χ0) is 12.7. The molecule has 0 spiro atoms. The Kier molecular flexibility index (Phi) is 5.16. The fourth-order valence-corrected chi connectivity index (χ4v) is 1.12. The number of rotatable bonds is 4. The molecule has 1 aromatic rings. The van der Waals surface area contributed by atoms with Crippen LogP contribution in [0.5, 0.6) is 0 Å². The summed E-state index contributed by atoms with van der Waals surface area (Å²) in [5, 5.41) is 4.99. The van der Waals surface area contributed by atoms with Crippen LogP contribution in [0.15, 0.2) is 24.3 Å². The second-order valence-corrected chi connectivity index (χ2v) is 3.79. The lowest BCUT2D eigenvalue weighted by molar-refractivity contribution is -0.136. The molecule has 2 N–H and O–H groups in total. The normalized spacial score (nSPS) is 10.1. The van der Waals surface area contributed by atoms with Gasteiger partial charge >= 0.3 is 11.8 Å². The molecule has 0 aromatic heterocycles. The summed E-state index contributed by atoms with van der Waals surface area (Å²) in [6.07, 6.45) is 0. The summed E-state index contributed by atoms with van der Waals surface area (Å²) in [5.74, 6) is -1.31. The third-order valence-corrected chi connectivity index (χ3v) is 2.01. The highest BCUT2D eigenvalue weighted by Gasteiger charge is 2.12. The third-order valence-electron chi connectivity index (χ3n) is 2.01. The number of nitrogens with one attached hydrogen (secondary N) is 2. The largest absolute Gasteiger partial charge is 0.347 e. The Bertz CT molecular complexity index is 377. The van der Waals surface area contributed by atoms with Crippen molar-refractivity contribution in [2.75, 3.05) is 32.5 Å². The third kappa shape index (κ3) is 5.12. The number of carbonyl (C=O) groups excluding carboxylic acids is 2. The summed E-state index contributed by atoms with van der Waals surface area (Å²) >= 11 is 0. The van der Waals surface area contributed by atoms with E-state index >= 15 is 0 Å². The van der Waals surface area contributed by atoms with Crippen molar-refractivity contribution < 1.29 is 9.59 Å². The van der Waals surface area contributed by atoms with E-state index in [0.29, 0.717) is 18.8 Å². The maximum absolute atomic E-state index is 11.4. The Balaban J connectivity index is 2.35. The van der Waals surface area contributed by atoms with Gasteiger partial charge in [-0.2, -0.15) is 0 Å². The highest BCUT2D eigenvalue weighted by Crippen LogP contribution is 2.03. The predicted molar refractivity (Wildman–Crippen MR) is 65.5 cm³/mol. The summed E-state index contributed by atoms with van der Waals surface area (Å²) in [5.41, 5.74) is 0.486. The number of hydrogen-bond acceptors (Lipinski definition) is 3.